The van der Waals surface area contributed by atoms with Crippen LogP contribution in [0.3, 0.4) is 0 Å². The molecule has 1 N–H and O–H groups in total. The first-order valence-electron chi connectivity index (χ1n) is 2.59. The normalized spacial score (nSPS) is 7.67. The Morgan fingerprint density at radius 3 is 2.33 bits per heavy atom. The van der Waals surface area contributed by atoms with Gasteiger partial charge in [-0.05, 0) is 6.42 Å². The van der Waals surface area contributed by atoms with Gasteiger partial charge in [0.15, 0.2) is 0 Å². The number of carboxylic acids is 1. The largest absolute Gasteiger partial charge is 1.00 e. The fourth-order valence-electron chi connectivity index (χ4n) is 0.409. The van der Waals surface area contributed by atoms with E-state index < -0.39 is 5.97 Å². The summed E-state index contributed by atoms with van der Waals surface area (Å²) in [6.45, 7) is 5.27. The van der Waals surface area contributed by atoms with Crippen LogP contribution in [0.25, 0.3) is 0 Å². The van der Waals surface area contributed by atoms with E-state index in [4.69, 9.17) is 5.11 Å². The maximum absolute atomic E-state index is 9.99. The van der Waals surface area contributed by atoms with Crippen molar-refractivity contribution in [3.63, 3.8) is 0 Å². The molecule has 0 aliphatic heterocycles. The first-order valence-corrected chi connectivity index (χ1v) is 2.59. The van der Waals surface area contributed by atoms with Gasteiger partial charge in [-0.3, -0.25) is 0 Å². The summed E-state index contributed by atoms with van der Waals surface area (Å²) >= 11 is 0. The van der Waals surface area contributed by atoms with Crippen molar-refractivity contribution in [2.75, 3.05) is 0 Å². The van der Waals surface area contributed by atoms with Crippen LogP contribution in [0.1, 0.15) is 21.2 Å². The second-order valence-corrected chi connectivity index (χ2v) is 1.66. The molecule has 2 nitrogen and oxygen atoms in total. The summed E-state index contributed by atoms with van der Waals surface area (Å²) in [7, 11) is 0. The van der Waals surface area contributed by atoms with Crippen molar-refractivity contribution < 1.29 is 62.7 Å². The van der Waals surface area contributed by atoms with E-state index in [-0.39, 0.29) is 52.8 Å². The van der Waals surface area contributed by atoms with E-state index >= 15 is 0 Å². The molecule has 0 aromatic rings. The third kappa shape index (κ3) is 6.74. The third-order valence-electron chi connectivity index (χ3n) is 0.854. The van der Waals surface area contributed by atoms with Crippen LogP contribution in [-0.4, -0.2) is 11.1 Å². The summed E-state index contributed by atoms with van der Waals surface area (Å²) in [5.41, 5.74) is 0.299. The van der Waals surface area contributed by atoms with E-state index in [1.165, 1.54) is 0 Å². The average molecular weight is 154 g/mol. The van der Waals surface area contributed by atoms with Crippen LogP contribution in [0.2, 0.25) is 0 Å². The molecule has 3 heteroatoms. The smallest absolute Gasteiger partial charge is 1.00 e. The molecule has 9 heavy (non-hydrogen) atoms. The van der Waals surface area contributed by atoms with Crippen molar-refractivity contribution in [1.82, 2.24) is 0 Å². The molecule has 0 saturated heterocycles. The van der Waals surface area contributed by atoms with Gasteiger partial charge in [0.2, 0.25) is 0 Å². The molecule has 0 aromatic heterocycles. The van der Waals surface area contributed by atoms with Gasteiger partial charge in [0.1, 0.15) is 0 Å². The van der Waals surface area contributed by atoms with Gasteiger partial charge in [0.25, 0.3) is 0 Å². The van der Waals surface area contributed by atoms with Crippen molar-refractivity contribution in [1.29, 1.82) is 0 Å². The Labute approximate surface area is 99.2 Å². The predicted octanol–water partition coefficient (Wildman–Crippen LogP) is -1.46. The van der Waals surface area contributed by atoms with Crippen LogP contribution in [0.5, 0.6) is 0 Å². The Balaban J connectivity index is -0.000000245. The van der Waals surface area contributed by atoms with Gasteiger partial charge in [-0.15, -0.1) is 0 Å². The van der Waals surface area contributed by atoms with Gasteiger partial charge in [0.05, 0.1) is 0 Å². The zero-order valence-corrected chi connectivity index (χ0v) is 9.10. The second-order valence-electron chi connectivity index (χ2n) is 1.66. The summed E-state index contributed by atoms with van der Waals surface area (Å²) in [4.78, 5) is 9.99. The summed E-state index contributed by atoms with van der Waals surface area (Å²) in [6, 6.07) is 0. The van der Waals surface area contributed by atoms with Crippen molar-refractivity contribution >= 4 is 5.97 Å². The number of rotatable bonds is 3. The Morgan fingerprint density at radius 2 is 2.22 bits per heavy atom. The van der Waals surface area contributed by atoms with Crippen LogP contribution in [0, 0.1) is 0 Å². The molecule has 0 aliphatic carbocycles. The van der Waals surface area contributed by atoms with Crippen LogP contribution in [-0.2, 0) is 4.79 Å². The van der Waals surface area contributed by atoms with Crippen molar-refractivity contribution in [2.45, 2.75) is 19.8 Å². The topological polar surface area (TPSA) is 37.3 Å². The predicted molar refractivity (Wildman–Crippen MR) is 32.8 cm³/mol. The second kappa shape index (κ2) is 6.96. The van der Waals surface area contributed by atoms with Crippen molar-refractivity contribution in [3.8, 4) is 0 Å². The Kier molecular flexibility index (Phi) is 9.68. The number of carboxylic acid groups (broad SMARTS) is 1. The Morgan fingerprint density at radius 1 is 1.78 bits per heavy atom. The van der Waals surface area contributed by atoms with E-state index in [1.54, 1.807) is 0 Å². The average Bonchev–Trinajstić information content (AvgIpc) is 1.67. The van der Waals surface area contributed by atoms with E-state index in [9.17, 15) is 4.79 Å². The molecule has 0 heterocycles. The van der Waals surface area contributed by atoms with Gasteiger partial charge in [-0.25, -0.2) is 4.79 Å². The zero-order valence-electron chi connectivity index (χ0n) is 6.98. The van der Waals surface area contributed by atoms with Gasteiger partial charge in [-0.1, -0.05) is 19.9 Å². The number of hydrogen-bond donors (Lipinski definition) is 1. The van der Waals surface area contributed by atoms with E-state index in [0.717, 1.165) is 6.42 Å². The molecule has 0 radical (unpaired) electrons. The molecule has 0 aromatic carbocycles. The first-order chi connectivity index (χ1) is 3.68. The molecule has 0 aliphatic rings. The van der Waals surface area contributed by atoms with E-state index in [2.05, 4.69) is 6.58 Å². The minimum absolute atomic E-state index is 0. The molecule has 0 saturated carbocycles. The molecule has 0 unspecified atom stereocenters. The zero-order chi connectivity index (χ0) is 6.57. The Bertz CT molecular complexity index is 114. The van der Waals surface area contributed by atoms with Gasteiger partial charge < -0.3 is 6.53 Å². The van der Waals surface area contributed by atoms with Gasteiger partial charge in [0, 0.05) is 5.57 Å². The monoisotopic (exact) mass is 154 g/mol. The fourth-order valence-corrected chi connectivity index (χ4v) is 0.409. The fraction of sp³-hybridized carbons (Fsp3) is 0.500. The quantitative estimate of drug-likeness (QED) is 0.399. The minimum atomic E-state index is -0.883. The van der Waals surface area contributed by atoms with Crippen LogP contribution < -0.4 is 51.4 Å². The summed E-state index contributed by atoms with van der Waals surface area (Å²) in [5, 5.41) is 8.21. The van der Waals surface area contributed by atoms with Crippen molar-refractivity contribution in [2.24, 2.45) is 0 Å². The molecular formula is C6H11KO2. The molecule has 0 rings (SSSR count). The standard InChI is InChI=1S/C6H10O2.K.H/c1-3-4-5(2)6(7)8;;/h2-4H2,1H3,(H,7,8);;/q;+1;-1. The van der Waals surface area contributed by atoms with E-state index in [1.807, 2.05) is 6.92 Å². The van der Waals surface area contributed by atoms with Gasteiger partial charge in [-0.2, -0.15) is 0 Å². The molecular weight excluding hydrogens is 143 g/mol. The summed E-state index contributed by atoms with van der Waals surface area (Å²) in [5.74, 6) is -0.883. The maximum atomic E-state index is 9.99. The minimum Gasteiger partial charge on any atom is -1.00 e. The van der Waals surface area contributed by atoms with Crippen LogP contribution in [0.4, 0.5) is 0 Å². The van der Waals surface area contributed by atoms with Gasteiger partial charge >= 0.3 is 57.4 Å². The Hall–Kier alpha value is 0.846. The molecule has 0 amide bonds. The molecule has 0 bridgehead atoms. The van der Waals surface area contributed by atoms with Crippen LogP contribution in [0.15, 0.2) is 12.2 Å². The molecule has 48 valence electrons. The summed E-state index contributed by atoms with van der Waals surface area (Å²) < 4.78 is 0. The van der Waals surface area contributed by atoms with Crippen molar-refractivity contribution in [3.05, 3.63) is 12.2 Å². The third-order valence-corrected chi connectivity index (χ3v) is 0.854. The number of aliphatic carboxylic acids is 1. The van der Waals surface area contributed by atoms with E-state index in [0.29, 0.717) is 12.0 Å². The SMILES string of the molecule is C=C(CCC)C(=O)O.[H-].[K+]. The number of hydrogen-bond acceptors (Lipinski definition) is 1. The first kappa shape index (κ1) is 12.5. The molecule has 0 spiro atoms. The molecule has 0 fully saturated rings. The van der Waals surface area contributed by atoms with Crippen LogP contribution >= 0.6 is 0 Å². The molecule has 0 atom stereocenters. The maximum Gasteiger partial charge on any atom is 1.00 e. The number of carbonyl (C=O) groups is 1. The summed E-state index contributed by atoms with van der Waals surface area (Å²) in [6.07, 6.45) is 1.44.